The molecule has 0 saturated heterocycles. The van der Waals surface area contributed by atoms with Crippen LogP contribution < -0.4 is 0 Å². The van der Waals surface area contributed by atoms with Crippen molar-refractivity contribution in [3.05, 3.63) is 11.6 Å². The molecule has 2 amide bonds. The fourth-order valence-corrected chi connectivity index (χ4v) is 2.73. The zero-order valence-electron chi connectivity index (χ0n) is 13.7. The lowest BCUT2D eigenvalue weighted by molar-refractivity contribution is 0.126. The van der Waals surface area contributed by atoms with Gasteiger partial charge >= 0.3 is 6.03 Å². The fourth-order valence-electron chi connectivity index (χ4n) is 2.73. The van der Waals surface area contributed by atoms with Crippen molar-refractivity contribution in [2.24, 2.45) is 5.41 Å². The Morgan fingerprint density at radius 2 is 1.74 bits per heavy atom. The Morgan fingerprint density at radius 3 is 2.05 bits per heavy atom. The van der Waals surface area contributed by atoms with E-state index in [1.807, 2.05) is 9.80 Å². The Balaban J connectivity index is 2.74. The van der Waals surface area contributed by atoms with Gasteiger partial charge in [-0.3, -0.25) is 0 Å². The van der Waals surface area contributed by atoms with Gasteiger partial charge in [-0.15, -0.1) is 0 Å². The maximum absolute atomic E-state index is 12.6. The molecule has 0 aromatic heterocycles. The number of amides is 2. The topological polar surface area (TPSA) is 23.6 Å². The van der Waals surface area contributed by atoms with Gasteiger partial charge in [-0.05, 0) is 39.5 Å². The van der Waals surface area contributed by atoms with E-state index in [1.165, 1.54) is 5.57 Å². The summed E-state index contributed by atoms with van der Waals surface area (Å²) in [6, 6.07) is 0.676. The van der Waals surface area contributed by atoms with Crippen molar-refractivity contribution in [1.82, 2.24) is 9.80 Å². The summed E-state index contributed by atoms with van der Waals surface area (Å²) in [5.41, 5.74) is 1.70. The van der Waals surface area contributed by atoms with Gasteiger partial charge < -0.3 is 9.80 Å². The van der Waals surface area contributed by atoms with Crippen LogP contribution in [0.15, 0.2) is 11.6 Å². The highest BCUT2D eigenvalue weighted by Gasteiger charge is 2.28. The van der Waals surface area contributed by atoms with Crippen LogP contribution in [-0.4, -0.2) is 41.0 Å². The Morgan fingerprint density at radius 1 is 1.21 bits per heavy atom. The van der Waals surface area contributed by atoms with E-state index in [4.69, 9.17) is 0 Å². The van der Waals surface area contributed by atoms with E-state index in [9.17, 15) is 4.79 Å². The molecule has 0 aliphatic carbocycles. The van der Waals surface area contributed by atoms with E-state index in [1.54, 1.807) is 0 Å². The zero-order chi connectivity index (χ0) is 14.8. The highest BCUT2D eigenvalue weighted by molar-refractivity contribution is 5.75. The average molecular weight is 266 g/mol. The molecule has 0 aromatic rings. The molecule has 0 saturated carbocycles. The van der Waals surface area contributed by atoms with Gasteiger partial charge in [-0.25, -0.2) is 4.79 Å². The van der Waals surface area contributed by atoms with Gasteiger partial charge in [-0.1, -0.05) is 32.4 Å². The Kier molecular flexibility index (Phi) is 5.05. The third kappa shape index (κ3) is 3.99. The Hall–Kier alpha value is -0.990. The molecule has 0 radical (unpaired) electrons. The molecule has 19 heavy (non-hydrogen) atoms. The van der Waals surface area contributed by atoms with E-state index < -0.39 is 0 Å². The van der Waals surface area contributed by atoms with Crippen molar-refractivity contribution in [3.63, 3.8) is 0 Å². The average Bonchev–Trinajstić information content (AvgIpc) is 2.27. The Bertz CT molecular complexity index is 342. The van der Waals surface area contributed by atoms with Gasteiger partial charge in [0.25, 0.3) is 0 Å². The molecule has 1 aliphatic heterocycles. The Labute approximate surface area is 118 Å². The van der Waals surface area contributed by atoms with Gasteiger partial charge in [0.2, 0.25) is 0 Å². The molecular weight excluding hydrogens is 236 g/mol. The van der Waals surface area contributed by atoms with Crippen molar-refractivity contribution in [3.8, 4) is 0 Å². The fraction of sp³-hybridized carbons (Fsp3) is 0.812. The lowest BCUT2D eigenvalue weighted by Gasteiger charge is -2.38. The molecule has 110 valence electrons. The molecule has 0 N–H and O–H groups in total. The van der Waals surface area contributed by atoms with Crippen molar-refractivity contribution in [2.45, 2.75) is 67.0 Å². The van der Waals surface area contributed by atoms with E-state index >= 15 is 0 Å². The molecular formula is C16H30N2O. The largest absolute Gasteiger partial charge is 0.321 e. The second-order valence-electron chi connectivity index (χ2n) is 7.05. The van der Waals surface area contributed by atoms with Crippen LogP contribution in [0.5, 0.6) is 0 Å². The molecule has 0 atom stereocenters. The van der Waals surface area contributed by atoms with Crippen LogP contribution in [0.25, 0.3) is 0 Å². The van der Waals surface area contributed by atoms with Gasteiger partial charge in [0, 0.05) is 25.2 Å². The predicted molar refractivity (Wildman–Crippen MR) is 81.2 cm³/mol. The molecule has 3 heteroatoms. The maximum atomic E-state index is 12.6. The first kappa shape index (κ1) is 16.1. The minimum atomic E-state index is 0.175. The number of rotatable bonds is 2. The number of nitrogens with zero attached hydrogens (tertiary/aromatic N) is 2. The van der Waals surface area contributed by atoms with E-state index in [-0.39, 0.29) is 23.5 Å². The standard InChI is InChI=1S/C16H30N2O/c1-12(2)18(13(3)4)15(19)17-10-8-14(9-11-17)16(5,6)7/h8,12-13H,9-11H2,1-7H3. The smallest absolute Gasteiger partial charge is 0.320 e. The molecule has 0 aromatic carbocycles. The molecule has 1 heterocycles. The summed E-state index contributed by atoms with van der Waals surface area (Å²) >= 11 is 0. The van der Waals surface area contributed by atoms with Gasteiger partial charge in [0.05, 0.1) is 0 Å². The summed E-state index contributed by atoms with van der Waals surface area (Å²) in [6.07, 6.45) is 3.24. The van der Waals surface area contributed by atoms with Gasteiger partial charge in [-0.2, -0.15) is 0 Å². The normalized spacial score (nSPS) is 16.9. The number of hydrogen-bond donors (Lipinski definition) is 0. The number of carbonyl (C=O) groups is 1. The van der Waals surface area contributed by atoms with Crippen LogP contribution in [0.1, 0.15) is 54.9 Å². The lowest BCUT2D eigenvalue weighted by atomic mass is 9.83. The minimum Gasteiger partial charge on any atom is -0.321 e. The van der Waals surface area contributed by atoms with Gasteiger partial charge in [0.1, 0.15) is 0 Å². The highest BCUT2D eigenvalue weighted by Crippen LogP contribution is 2.30. The van der Waals surface area contributed by atoms with E-state index in [0.29, 0.717) is 0 Å². The molecule has 0 spiro atoms. The van der Waals surface area contributed by atoms with Crippen LogP contribution >= 0.6 is 0 Å². The second-order valence-corrected chi connectivity index (χ2v) is 7.05. The van der Waals surface area contributed by atoms with E-state index in [0.717, 1.165) is 19.5 Å². The summed E-state index contributed by atoms with van der Waals surface area (Å²) in [4.78, 5) is 16.5. The number of hydrogen-bond acceptors (Lipinski definition) is 1. The zero-order valence-corrected chi connectivity index (χ0v) is 13.7. The maximum Gasteiger partial charge on any atom is 0.320 e. The summed E-state index contributed by atoms with van der Waals surface area (Å²) in [7, 11) is 0. The lowest BCUT2D eigenvalue weighted by Crippen LogP contribution is -2.50. The molecule has 1 rings (SSSR count). The quantitative estimate of drug-likeness (QED) is 0.695. The van der Waals surface area contributed by atoms with Crippen molar-refractivity contribution < 1.29 is 4.79 Å². The third-order valence-corrected chi connectivity index (χ3v) is 3.78. The molecule has 0 fully saturated rings. The first-order chi connectivity index (χ1) is 8.64. The summed E-state index contributed by atoms with van der Waals surface area (Å²) < 4.78 is 0. The van der Waals surface area contributed by atoms with E-state index in [2.05, 4.69) is 54.5 Å². The number of carbonyl (C=O) groups excluding carboxylic acids is 1. The van der Waals surface area contributed by atoms with Gasteiger partial charge in [0.15, 0.2) is 0 Å². The van der Waals surface area contributed by atoms with Crippen LogP contribution in [-0.2, 0) is 0 Å². The second kappa shape index (κ2) is 5.98. The van der Waals surface area contributed by atoms with Crippen LogP contribution in [0.3, 0.4) is 0 Å². The van der Waals surface area contributed by atoms with Crippen LogP contribution in [0, 0.1) is 5.41 Å². The molecule has 0 bridgehead atoms. The highest BCUT2D eigenvalue weighted by atomic mass is 16.2. The summed E-state index contributed by atoms with van der Waals surface area (Å²) in [5.74, 6) is 0. The first-order valence-electron chi connectivity index (χ1n) is 7.41. The monoisotopic (exact) mass is 266 g/mol. The van der Waals surface area contributed by atoms with Crippen molar-refractivity contribution in [2.75, 3.05) is 13.1 Å². The molecule has 3 nitrogen and oxygen atoms in total. The SMILES string of the molecule is CC(C)N(C(=O)N1CC=C(C(C)(C)C)CC1)C(C)C. The number of urea groups is 1. The first-order valence-corrected chi connectivity index (χ1v) is 7.41. The summed E-state index contributed by atoms with van der Waals surface area (Å²) in [5, 5.41) is 0. The van der Waals surface area contributed by atoms with Crippen molar-refractivity contribution in [1.29, 1.82) is 0 Å². The third-order valence-electron chi connectivity index (χ3n) is 3.78. The molecule has 1 aliphatic rings. The minimum absolute atomic E-state index is 0.175. The molecule has 0 unspecified atom stereocenters. The van der Waals surface area contributed by atoms with Crippen LogP contribution in [0.4, 0.5) is 4.79 Å². The van der Waals surface area contributed by atoms with Crippen LogP contribution in [0.2, 0.25) is 0 Å². The van der Waals surface area contributed by atoms with Crippen molar-refractivity contribution >= 4 is 6.03 Å². The predicted octanol–water partition coefficient (Wildman–Crippen LogP) is 3.90. The summed E-state index contributed by atoms with van der Waals surface area (Å²) in [6.45, 7) is 16.6.